The van der Waals surface area contributed by atoms with Gasteiger partial charge in [-0.15, -0.1) is 0 Å². The Bertz CT molecular complexity index is 731. The lowest BCUT2D eigenvalue weighted by atomic mass is 10.1. The number of aliphatic hydroxyl groups is 1. The second kappa shape index (κ2) is 7.23. The predicted octanol–water partition coefficient (Wildman–Crippen LogP) is 3.12. The summed E-state index contributed by atoms with van der Waals surface area (Å²) in [4.78, 5) is 12.1. The van der Waals surface area contributed by atoms with E-state index >= 15 is 0 Å². The number of nitrogens with one attached hydrogen (secondary N) is 2. The number of aromatic nitrogens is 2. The topological polar surface area (TPSA) is 79.2 Å². The van der Waals surface area contributed by atoms with Crippen molar-refractivity contribution in [1.29, 1.82) is 0 Å². The molecule has 3 N–H and O–H groups in total. The third-order valence-electron chi connectivity index (χ3n) is 4.38. The lowest BCUT2D eigenvalue weighted by molar-refractivity contribution is 0.177. The van der Waals surface area contributed by atoms with E-state index in [1.807, 2.05) is 25.1 Å². The van der Waals surface area contributed by atoms with Gasteiger partial charge >= 0.3 is 6.03 Å². The summed E-state index contributed by atoms with van der Waals surface area (Å²) < 4.78 is 1.73. The van der Waals surface area contributed by atoms with Crippen molar-refractivity contribution in [2.45, 2.75) is 32.3 Å². The molecule has 7 heteroatoms. The highest BCUT2D eigenvalue weighted by Gasteiger charge is 2.23. The first kappa shape index (κ1) is 16.8. The largest absolute Gasteiger partial charge is 0.393 e. The molecule has 0 unspecified atom stereocenters. The molecule has 3 rings (SSSR count). The van der Waals surface area contributed by atoms with E-state index in [1.165, 1.54) is 0 Å². The zero-order valence-corrected chi connectivity index (χ0v) is 14.3. The third kappa shape index (κ3) is 3.88. The Balaban J connectivity index is 1.60. The summed E-state index contributed by atoms with van der Waals surface area (Å²) in [5.74, 6) is 0.348. The quantitative estimate of drug-likeness (QED) is 0.794. The van der Waals surface area contributed by atoms with Crippen LogP contribution in [-0.4, -0.2) is 33.6 Å². The van der Waals surface area contributed by atoms with E-state index in [-0.39, 0.29) is 12.1 Å². The number of carbonyl (C=O) groups is 1. The molecule has 1 saturated carbocycles. The second-order valence-corrected chi connectivity index (χ2v) is 6.64. The highest BCUT2D eigenvalue weighted by molar-refractivity contribution is 6.30. The molecule has 0 spiro atoms. The Morgan fingerprint density at radius 3 is 3.00 bits per heavy atom. The standard InChI is InChI=1S/C17H21ClN4O2/c1-11-16(10-20-22(11)14-4-2-3-13(18)8-14)21-17(24)19-9-12-5-6-15(23)7-12/h2-4,8,10,12,15,23H,5-7,9H2,1H3,(H2,19,21,24)/t12-,15-/m1/s1. The first-order chi connectivity index (χ1) is 11.5. The van der Waals surface area contributed by atoms with Gasteiger partial charge in [0.1, 0.15) is 0 Å². The fourth-order valence-electron chi connectivity index (χ4n) is 3.04. The van der Waals surface area contributed by atoms with Crippen molar-refractivity contribution in [1.82, 2.24) is 15.1 Å². The maximum atomic E-state index is 12.1. The molecule has 6 nitrogen and oxygen atoms in total. The van der Waals surface area contributed by atoms with Crippen LogP contribution in [-0.2, 0) is 0 Å². The van der Waals surface area contributed by atoms with Crippen LogP contribution in [0.15, 0.2) is 30.5 Å². The van der Waals surface area contributed by atoms with Gasteiger partial charge in [0, 0.05) is 11.6 Å². The molecule has 2 atom stereocenters. The van der Waals surface area contributed by atoms with Crippen LogP contribution >= 0.6 is 11.6 Å². The molecular weight excluding hydrogens is 328 g/mol. The molecule has 1 fully saturated rings. The molecule has 1 aliphatic rings. The average molecular weight is 349 g/mol. The van der Waals surface area contributed by atoms with Crippen LogP contribution in [0.5, 0.6) is 0 Å². The van der Waals surface area contributed by atoms with Crippen molar-refractivity contribution in [2.75, 3.05) is 11.9 Å². The van der Waals surface area contributed by atoms with Crippen LogP contribution < -0.4 is 10.6 Å². The van der Waals surface area contributed by atoms with Crippen molar-refractivity contribution in [3.63, 3.8) is 0 Å². The van der Waals surface area contributed by atoms with E-state index in [0.717, 1.165) is 30.6 Å². The number of urea groups is 1. The van der Waals surface area contributed by atoms with Crippen LogP contribution in [0.25, 0.3) is 5.69 Å². The van der Waals surface area contributed by atoms with Gasteiger partial charge in [0.25, 0.3) is 0 Å². The molecule has 1 aromatic carbocycles. The number of amides is 2. The molecular formula is C17H21ClN4O2. The highest BCUT2D eigenvalue weighted by Crippen LogP contribution is 2.24. The van der Waals surface area contributed by atoms with Crippen molar-refractivity contribution in [2.24, 2.45) is 5.92 Å². The number of hydrogen-bond acceptors (Lipinski definition) is 3. The summed E-state index contributed by atoms with van der Waals surface area (Å²) in [6, 6.07) is 7.12. The number of nitrogens with zero attached hydrogens (tertiary/aromatic N) is 2. The van der Waals surface area contributed by atoms with Gasteiger partial charge in [-0.3, -0.25) is 0 Å². The SMILES string of the molecule is Cc1c(NC(=O)NC[C@@H]2CC[C@@H](O)C2)cnn1-c1cccc(Cl)c1. The number of carbonyl (C=O) groups excluding carboxylic acids is 1. The number of anilines is 1. The molecule has 0 aliphatic heterocycles. The first-order valence-corrected chi connectivity index (χ1v) is 8.44. The molecule has 2 amide bonds. The fraction of sp³-hybridized carbons (Fsp3) is 0.412. The van der Waals surface area contributed by atoms with Gasteiger partial charge in [-0.1, -0.05) is 17.7 Å². The van der Waals surface area contributed by atoms with E-state index in [1.54, 1.807) is 16.9 Å². The van der Waals surface area contributed by atoms with Crippen LogP contribution in [0.4, 0.5) is 10.5 Å². The molecule has 1 heterocycles. The summed E-state index contributed by atoms with van der Waals surface area (Å²) in [6.07, 6.45) is 3.92. The predicted molar refractivity (Wildman–Crippen MR) is 93.7 cm³/mol. The van der Waals surface area contributed by atoms with E-state index in [4.69, 9.17) is 11.6 Å². The van der Waals surface area contributed by atoms with Gasteiger partial charge in [0.2, 0.25) is 0 Å². The van der Waals surface area contributed by atoms with Crippen LogP contribution in [0.3, 0.4) is 0 Å². The van der Waals surface area contributed by atoms with Gasteiger partial charge in [-0.25, -0.2) is 9.48 Å². The van der Waals surface area contributed by atoms with Gasteiger partial charge in [-0.2, -0.15) is 5.10 Å². The van der Waals surface area contributed by atoms with Crippen molar-refractivity contribution >= 4 is 23.3 Å². The lowest BCUT2D eigenvalue weighted by Crippen LogP contribution is -2.32. The third-order valence-corrected chi connectivity index (χ3v) is 4.61. The van der Waals surface area contributed by atoms with E-state index in [0.29, 0.717) is 23.2 Å². The molecule has 1 aromatic heterocycles. The molecule has 0 bridgehead atoms. The summed E-state index contributed by atoms with van der Waals surface area (Å²) in [6.45, 7) is 2.46. The highest BCUT2D eigenvalue weighted by atomic mass is 35.5. The Hall–Kier alpha value is -2.05. The first-order valence-electron chi connectivity index (χ1n) is 8.06. The number of rotatable bonds is 4. The van der Waals surface area contributed by atoms with Crippen molar-refractivity contribution < 1.29 is 9.90 Å². The Morgan fingerprint density at radius 2 is 2.29 bits per heavy atom. The maximum absolute atomic E-state index is 12.1. The molecule has 1 aliphatic carbocycles. The Morgan fingerprint density at radius 1 is 1.46 bits per heavy atom. The average Bonchev–Trinajstić information content (AvgIpc) is 3.12. The van der Waals surface area contributed by atoms with Gasteiger partial charge < -0.3 is 15.7 Å². The summed E-state index contributed by atoms with van der Waals surface area (Å²) in [5, 5.41) is 20.1. The molecule has 2 aromatic rings. The van der Waals surface area contributed by atoms with Crippen molar-refractivity contribution in [3.8, 4) is 5.69 Å². The summed E-state index contributed by atoms with van der Waals surface area (Å²) in [7, 11) is 0. The Kier molecular flexibility index (Phi) is 5.06. The number of halogens is 1. The van der Waals surface area contributed by atoms with Crippen LogP contribution in [0, 0.1) is 12.8 Å². The van der Waals surface area contributed by atoms with Gasteiger partial charge in [0.15, 0.2) is 0 Å². The minimum absolute atomic E-state index is 0.224. The number of benzene rings is 1. The van der Waals surface area contributed by atoms with Crippen LogP contribution in [0.2, 0.25) is 5.02 Å². The Labute approximate surface area is 145 Å². The van der Waals surface area contributed by atoms with E-state index in [9.17, 15) is 9.90 Å². The minimum atomic E-state index is -0.259. The normalized spacial score (nSPS) is 20.1. The van der Waals surface area contributed by atoms with Crippen LogP contribution in [0.1, 0.15) is 25.0 Å². The number of hydrogen-bond donors (Lipinski definition) is 3. The summed E-state index contributed by atoms with van der Waals surface area (Å²) >= 11 is 6.01. The minimum Gasteiger partial charge on any atom is -0.393 e. The van der Waals surface area contributed by atoms with E-state index < -0.39 is 0 Å². The lowest BCUT2D eigenvalue weighted by Gasteiger charge is -2.12. The van der Waals surface area contributed by atoms with Crippen molar-refractivity contribution in [3.05, 3.63) is 41.2 Å². The zero-order valence-electron chi connectivity index (χ0n) is 13.5. The molecule has 0 saturated heterocycles. The van der Waals surface area contributed by atoms with Gasteiger partial charge in [-0.05, 0) is 50.3 Å². The maximum Gasteiger partial charge on any atom is 0.319 e. The fourth-order valence-corrected chi connectivity index (χ4v) is 3.22. The van der Waals surface area contributed by atoms with Gasteiger partial charge in [0.05, 0.1) is 29.4 Å². The monoisotopic (exact) mass is 348 g/mol. The molecule has 0 radical (unpaired) electrons. The number of aliphatic hydroxyl groups excluding tert-OH is 1. The summed E-state index contributed by atoms with van der Waals surface area (Å²) in [5.41, 5.74) is 2.32. The smallest absolute Gasteiger partial charge is 0.319 e. The zero-order chi connectivity index (χ0) is 17.1. The molecule has 24 heavy (non-hydrogen) atoms. The van der Waals surface area contributed by atoms with E-state index in [2.05, 4.69) is 15.7 Å². The molecule has 128 valence electrons. The second-order valence-electron chi connectivity index (χ2n) is 6.20.